The van der Waals surface area contributed by atoms with E-state index in [-0.39, 0.29) is 0 Å². The maximum atomic E-state index is 3.85. The van der Waals surface area contributed by atoms with Gasteiger partial charge in [0.25, 0.3) is 0 Å². The minimum atomic E-state index is -1.51. The Morgan fingerprint density at radius 3 is 0.880 bits per heavy atom. The summed E-state index contributed by atoms with van der Waals surface area (Å²) in [5.41, 5.74) is 3.46. The predicted octanol–water partition coefficient (Wildman–Crippen LogP) is 3.86. The van der Waals surface area contributed by atoms with E-state index >= 15 is 0 Å². The first-order valence-corrected chi connectivity index (χ1v) is 10.2. The Labute approximate surface area is 152 Å². The molecule has 0 heterocycles. The Kier molecular flexibility index (Phi) is 5.27. The lowest BCUT2D eigenvalue weighted by Crippen LogP contribution is -2.51. The Balaban J connectivity index is 2.09. The molecule has 1 heteroatoms. The Morgan fingerprint density at radius 2 is 0.680 bits per heavy atom. The Morgan fingerprint density at radius 1 is 0.440 bits per heavy atom. The van der Waals surface area contributed by atoms with E-state index in [1.807, 2.05) is 18.2 Å². The summed E-state index contributed by atoms with van der Waals surface area (Å²) in [5, 5.41) is 4.22. The summed E-state index contributed by atoms with van der Waals surface area (Å²) < 4.78 is 0. The first-order valence-electron chi connectivity index (χ1n) is 8.42. The van der Waals surface area contributed by atoms with Gasteiger partial charge in [-0.1, -0.05) is 126 Å². The highest BCUT2D eigenvalue weighted by Gasteiger charge is 2.18. The van der Waals surface area contributed by atoms with Crippen LogP contribution in [0.25, 0.3) is 18.2 Å². The maximum absolute atomic E-state index is 3.85. The monoisotopic (exact) mass is 338 g/mol. The van der Waals surface area contributed by atoms with E-state index in [0.29, 0.717) is 0 Å². The Hall–Kier alpha value is -2.90. The standard InChI is InChI=1S/C24H22Si/c1-4-19-7-13-22(14-8-19)25(23-15-9-20(5-2)10-16-23)24-17-11-21(6-3)12-18-24/h4-18,25H,1-3H2. The molecule has 0 fully saturated rings. The molecule has 0 atom stereocenters. The molecule has 122 valence electrons. The van der Waals surface area contributed by atoms with Crippen LogP contribution in [0.3, 0.4) is 0 Å². The summed E-state index contributed by atoms with van der Waals surface area (Å²) in [4.78, 5) is 0. The lowest BCUT2D eigenvalue weighted by atomic mass is 10.2. The normalized spacial score (nSPS) is 10.4. The van der Waals surface area contributed by atoms with Crippen LogP contribution in [0.4, 0.5) is 0 Å². The second-order valence-electron chi connectivity index (χ2n) is 6.05. The van der Waals surface area contributed by atoms with Gasteiger partial charge in [-0.3, -0.25) is 0 Å². The highest BCUT2D eigenvalue weighted by molar-refractivity contribution is 6.95. The average molecular weight is 339 g/mol. The van der Waals surface area contributed by atoms with Crippen LogP contribution in [0, 0.1) is 0 Å². The minimum Gasteiger partial charge on any atom is -0.0985 e. The van der Waals surface area contributed by atoms with Crippen molar-refractivity contribution < 1.29 is 0 Å². The van der Waals surface area contributed by atoms with E-state index < -0.39 is 8.80 Å². The molecule has 0 bridgehead atoms. The maximum Gasteiger partial charge on any atom is 0.132 e. The number of hydrogen-bond donors (Lipinski definition) is 0. The second-order valence-corrected chi connectivity index (χ2v) is 8.91. The molecule has 3 aromatic rings. The van der Waals surface area contributed by atoms with Gasteiger partial charge in [-0.05, 0) is 16.7 Å². The summed E-state index contributed by atoms with van der Waals surface area (Å²) in [6.45, 7) is 11.6. The van der Waals surface area contributed by atoms with E-state index in [1.165, 1.54) is 15.6 Å². The summed E-state index contributed by atoms with van der Waals surface area (Å²) in [6, 6.07) is 26.4. The second kappa shape index (κ2) is 7.78. The van der Waals surface area contributed by atoms with Crippen molar-refractivity contribution in [3.8, 4) is 0 Å². The molecule has 0 amide bonds. The van der Waals surface area contributed by atoms with Crippen molar-refractivity contribution in [2.24, 2.45) is 0 Å². The van der Waals surface area contributed by atoms with Crippen LogP contribution in [0.5, 0.6) is 0 Å². The molecular weight excluding hydrogens is 316 g/mol. The molecule has 0 nitrogen and oxygen atoms in total. The molecule has 0 spiro atoms. The largest absolute Gasteiger partial charge is 0.132 e. The Bertz CT molecular complexity index is 746. The van der Waals surface area contributed by atoms with Crippen molar-refractivity contribution in [1.29, 1.82) is 0 Å². The summed E-state index contributed by atoms with van der Waals surface area (Å²) in [6.07, 6.45) is 5.66. The zero-order valence-electron chi connectivity index (χ0n) is 14.4. The highest BCUT2D eigenvalue weighted by atomic mass is 28.3. The highest BCUT2D eigenvalue weighted by Crippen LogP contribution is 2.05. The van der Waals surface area contributed by atoms with E-state index in [2.05, 4.69) is 92.5 Å². The van der Waals surface area contributed by atoms with E-state index in [1.54, 1.807) is 0 Å². The van der Waals surface area contributed by atoms with Gasteiger partial charge in [0.15, 0.2) is 0 Å². The quantitative estimate of drug-likeness (QED) is 0.473. The van der Waals surface area contributed by atoms with Crippen molar-refractivity contribution in [2.75, 3.05) is 0 Å². The molecule has 0 aliphatic rings. The fourth-order valence-corrected chi connectivity index (χ4v) is 5.94. The molecule has 0 unspecified atom stereocenters. The fourth-order valence-electron chi connectivity index (χ4n) is 3.05. The van der Waals surface area contributed by atoms with Crippen LogP contribution in [0.1, 0.15) is 16.7 Å². The van der Waals surface area contributed by atoms with E-state index in [0.717, 1.165) is 16.7 Å². The van der Waals surface area contributed by atoms with Gasteiger partial charge in [-0.25, -0.2) is 0 Å². The first kappa shape index (κ1) is 16.9. The zero-order chi connectivity index (χ0) is 17.6. The molecule has 25 heavy (non-hydrogen) atoms. The molecule has 0 saturated carbocycles. The fraction of sp³-hybridized carbons (Fsp3) is 0. The van der Waals surface area contributed by atoms with Crippen LogP contribution < -0.4 is 15.6 Å². The molecular formula is C24H22Si. The molecule has 0 aliphatic carbocycles. The molecule has 0 aromatic heterocycles. The molecule has 3 rings (SSSR count). The van der Waals surface area contributed by atoms with Crippen molar-refractivity contribution in [3.63, 3.8) is 0 Å². The average Bonchev–Trinajstić information content (AvgIpc) is 2.70. The first-order chi connectivity index (χ1) is 12.2. The zero-order valence-corrected chi connectivity index (χ0v) is 15.5. The SMILES string of the molecule is C=Cc1ccc([SiH](c2ccc(C=C)cc2)c2ccc(C=C)cc2)cc1. The van der Waals surface area contributed by atoms with Crippen molar-refractivity contribution >= 4 is 42.6 Å². The van der Waals surface area contributed by atoms with E-state index in [4.69, 9.17) is 0 Å². The smallest absolute Gasteiger partial charge is 0.0985 e. The summed E-state index contributed by atoms with van der Waals surface area (Å²) in [5.74, 6) is 0. The molecule has 0 saturated heterocycles. The minimum absolute atomic E-state index is 1.15. The van der Waals surface area contributed by atoms with Gasteiger partial charge >= 0.3 is 0 Å². The van der Waals surface area contributed by atoms with Gasteiger partial charge < -0.3 is 0 Å². The van der Waals surface area contributed by atoms with Gasteiger partial charge in [0, 0.05) is 0 Å². The number of benzene rings is 3. The number of rotatable bonds is 6. The summed E-state index contributed by atoms with van der Waals surface area (Å²) in [7, 11) is -1.51. The van der Waals surface area contributed by atoms with Crippen molar-refractivity contribution in [1.82, 2.24) is 0 Å². The number of hydrogen-bond acceptors (Lipinski definition) is 0. The summed E-state index contributed by atoms with van der Waals surface area (Å²) >= 11 is 0. The van der Waals surface area contributed by atoms with Gasteiger partial charge in [-0.15, -0.1) is 0 Å². The van der Waals surface area contributed by atoms with E-state index in [9.17, 15) is 0 Å². The van der Waals surface area contributed by atoms with Crippen molar-refractivity contribution in [3.05, 3.63) is 109 Å². The van der Waals surface area contributed by atoms with Gasteiger partial charge in [0.05, 0.1) is 0 Å². The van der Waals surface area contributed by atoms with Gasteiger partial charge in [0.1, 0.15) is 8.80 Å². The lowest BCUT2D eigenvalue weighted by Gasteiger charge is -2.18. The van der Waals surface area contributed by atoms with Crippen LogP contribution in [-0.4, -0.2) is 8.80 Å². The lowest BCUT2D eigenvalue weighted by molar-refractivity contribution is 1.66. The third kappa shape index (κ3) is 3.78. The van der Waals surface area contributed by atoms with Gasteiger partial charge in [-0.2, -0.15) is 0 Å². The topological polar surface area (TPSA) is 0 Å². The predicted molar refractivity (Wildman–Crippen MR) is 116 cm³/mol. The third-order valence-electron chi connectivity index (χ3n) is 4.52. The van der Waals surface area contributed by atoms with Crippen LogP contribution in [-0.2, 0) is 0 Å². The molecule has 0 N–H and O–H groups in total. The third-order valence-corrected chi connectivity index (χ3v) is 7.67. The van der Waals surface area contributed by atoms with Crippen LogP contribution in [0.2, 0.25) is 0 Å². The van der Waals surface area contributed by atoms with Gasteiger partial charge in [0.2, 0.25) is 0 Å². The van der Waals surface area contributed by atoms with Crippen LogP contribution >= 0.6 is 0 Å². The van der Waals surface area contributed by atoms with Crippen molar-refractivity contribution in [2.45, 2.75) is 0 Å². The van der Waals surface area contributed by atoms with Crippen LogP contribution in [0.15, 0.2) is 92.5 Å². The molecule has 0 radical (unpaired) electrons. The molecule has 3 aromatic carbocycles. The molecule has 0 aliphatic heterocycles.